The number of benzene rings is 1. The zero-order valence-electron chi connectivity index (χ0n) is 14.4. The Morgan fingerprint density at radius 3 is 2.94 bits per heavy atom. The number of rotatable bonds is 4. The van der Waals surface area contributed by atoms with E-state index in [-0.39, 0.29) is 6.54 Å². The van der Waals surface area contributed by atoms with Gasteiger partial charge in [0.25, 0.3) is 0 Å². The number of methoxy groups -OCH3 is 1. The second-order valence-electron chi connectivity index (χ2n) is 4.21. The fourth-order valence-corrected chi connectivity index (χ4v) is 1.75. The molecule has 1 atom stereocenters. The van der Waals surface area contributed by atoms with Gasteiger partial charge in [-0.3, -0.25) is 0 Å². The summed E-state index contributed by atoms with van der Waals surface area (Å²) in [5.74, 6) is 0.751. The Kier molecular flexibility index (Phi) is 2.19. The fourth-order valence-electron chi connectivity index (χ4n) is 1.75. The lowest BCUT2D eigenvalue weighted by Crippen LogP contribution is -2.28. The minimum Gasteiger partial charge on any atom is -0.497 e. The molecule has 0 radical (unpaired) electrons. The van der Waals surface area contributed by atoms with E-state index < -0.39 is 12.9 Å². The summed E-state index contributed by atoms with van der Waals surface area (Å²) in [7, 11) is 4.84. The van der Waals surface area contributed by atoms with Crippen LogP contribution < -0.4 is 4.74 Å². The third-order valence-corrected chi connectivity index (χ3v) is 2.84. The second-order valence-corrected chi connectivity index (χ2v) is 4.21. The first-order chi connectivity index (χ1) is 9.69. The highest BCUT2D eigenvalue weighted by atomic mass is 16.5. The van der Waals surface area contributed by atoms with Gasteiger partial charge in [-0.25, -0.2) is 0 Å². The zero-order valence-corrected chi connectivity index (χ0v) is 10.4. The average Bonchev–Trinajstić information content (AvgIpc) is 2.79. The Morgan fingerprint density at radius 1 is 1.47 bits per heavy atom. The molecular weight excluding hydrogens is 212 g/mol. The maximum Gasteiger partial charge on any atom is 0.119 e. The summed E-state index contributed by atoms with van der Waals surface area (Å²) in [5, 5.41) is 0.959. The van der Waals surface area contributed by atoms with Gasteiger partial charge >= 0.3 is 0 Å². The maximum atomic E-state index is 8.37. The van der Waals surface area contributed by atoms with Crippen molar-refractivity contribution in [2.24, 2.45) is 0 Å². The highest BCUT2D eigenvalue weighted by Crippen LogP contribution is 2.22. The van der Waals surface area contributed by atoms with E-state index in [1.165, 1.54) is 4.90 Å². The molecule has 0 aliphatic carbocycles. The van der Waals surface area contributed by atoms with Crippen LogP contribution in [0.5, 0.6) is 5.75 Å². The number of likely N-dealkylation sites (N-methyl/N-ethyl adjacent to an activating group) is 1. The molecule has 0 saturated heterocycles. The molecule has 1 aromatic carbocycles. The fraction of sp³-hybridized carbons (Fsp3) is 0.429. The van der Waals surface area contributed by atoms with Crippen LogP contribution in [0.3, 0.4) is 0 Å². The highest BCUT2D eigenvalue weighted by molar-refractivity contribution is 5.81. The van der Waals surface area contributed by atoms with E-state index in [0.717, 1.165) is 16.7 Å². The van der Waals surface area contributed by atoms with Gasteiger partial charge in [-0.05, 0) is 45.2 Å². The van der Waals surface area contributed by atoms with Crippen molar-refractivity contribution in [3.8, 4) is 5.75 Å². The minimum atomic E-state index is -2.40. The normalized spacial score (nSPS) is 19.3. The lowest BCUT2D eigenvalue weighted by Gasteiger charge is -2.20. The minimum absolute atomic E-state index is 0.0618. The molecule has 0 unspecified atom stereocenters. The van der Waals surface area contributed by atoms with E-state index in [1.807, 2.05) is 30.5 Å². The van der Waals surface area contributed by atoms with Crippen LogP contribution in [-0.2, 0) is 6.54 Å². The summed E-state index contributed by atoms with van der Waals surface area (Å²) in [6, 6.07) is 5.81. The zero-order chi connectivity index (χ0) is 15.8. The molecule has 3 heteroatoms. The van der Waals surface area contributed by atoms with Crippen LogP contribution >= 0.6 is 0 Å². The number of hydrogen-bond donors (Lipinski definition) is 0. The van der Waals surface area contributed by atoms with E-state index in [0.29, 0.717) is 0 Å². The predicted octanol–water partition coefficient (Wildman–Crippen LogP) is 2.60. The summed E-state index contributed by atoms with van der Waals surface area (Å²) in [4.78, 5) is 1.44. The summed E-state index contributed by atoms with van der Waals surface area (Å²) >= 11 is 0. The predicted molar refractivity (Wildman–Crippen MR) is 71.6 cm³/mol. The summed E-state index contributed by atoms with van der Waals surface area (Å²) in [5.41, 5.74) is 0.888. The van der Waals surface area contributed by atoms with Crippen LogP contribution in [0.15, 0.2) is 30.5 Å². The van der Waals surface area contributed by atoms with Gasteiger partial charge in [0.1, 0.15) is 5.75 Å². The highest BCUT2D eigenvalue weighted by Gasteiger charge is 2.08. The first-order valence-electron chi connectivity index (χ1n) is 7.49. The Morgan fingerprint density at radius 2 is 2.29 bits per heavy atom. The van der Waals surface area contributed by atoms with Crippen LogP contribution in [0.2, 0.25) is 0 Å². The molecule has 0 aliphatic rings. The molecule has 0 saturated carbocycles. The molecule has 1 aromatic heterocycles. The average molecular weight is 236 g/mol. The van der Waals surface area contributed by atoms with Crippen molar-refractivity contribution in [1.29, 1.82) is 0 Å². The quantitative estimate of drug-likeness (QED) is 0.812. The summed E-state index contributed by atoms with van der Waals surface area (Å²) in [6.45, 7) is -2.34. The Labute approximate surface area is 108 Å². The number of aromatic nitrogens is 1. The van der Waals surface area contributed by atoms with Crippen molar-refractivity contribution in [3.63, 3.8) is 0 Å². The molecule has 0 fully saturated rings. The molecule has 2 aromatic rings. The number of hydrogen-bond acceptors (Lipinski definition) is 2. The van der Waals surface area contributed by atoms with Crippen LogP contribution in [-0.4, -0.2) is 36.7 Å². The van der Waals surface area contributed by atoms with E-state index in [1.54, 1.807) is 25.8 Å². The molecule has 0 spiro atoms. The lowest BCUT2D eigenvalue weighted by atomic mass is 10.2. The molecule has 0 amide bonds. The van der Waals surface area contributed by atoms with Crippen LogP contribution in [0, 0.1) is 0 Å². The van der Waals surface area contributed by atoms with Gasteiger partial charge in [0.15, 0.2) is 0 Å². The first-order valence-corrected chi connectivity index (χ1v) is 5.49. The lowest BCUT2D eigenvalue weighted by molar-refractivity contribution is 0.286. The van der Waals surface area contributed by atoms with Crippen LogP contribution in [0.25, 0.3) is 10.9 Å². The SMILES string of the molecule is [2H]C([2H])([2H])[C@]([2H])(Cn1ccc2cc(OC)ccc21)N(C)C. The van der Waals surface area contributed by atoms with Crippen molar-refractivity contribution in [3.05, 3.63) is 30.5 Å². The summed E-state index contributed by atoms with van der Waals surface area (Å²) in [6.07, 6.45) is 1.81. The molecule has 0 aliphatic heterocycles. The van der Waals surface area contributed by atoms with Crippen molar-refractivity contribution < 1.29 is 10.2 Å². The third kappa shape index (κ3) is 2.44. The molecule has 2 rings (SSSR count). The molecule has 17 heavy (non-hydrogen) atoms. The van der Waals surface area contributed by atoms with Gasteiger partial charge in [-0.2, -0.15) is 0 Å². The first kappa shape index (κ1) is 7.77. The van der Waals surface area contributed by atoms with Gasteiger partial charge in [-0.1, -0.05) is 0 Å². The van der Waals surface area contributed by atoms with Crippen molar-refractivity contribution in [2.45, 2.75) is 19.4 Å². The standard InChI is InChI=1S/C14H20N2O/c1-11(15(2)3)10-16-8-7-12-9-13(17-4)5-6-14(12)16/h5-9,11H,10H2,1-4H3/t11-/m1/s1/i1D3,11D. The Bertz CT molecular complexity index is 635. The van der Waals surface area contributed by atoms with Crippen molar-refractivity contribution >= 4 is 10.9 Å². The molecular formula is C14H20N2O. The van der Waals surface area contributed by atoms with E-state index >= 15 is 0 Å². The number of fused-ring (bicyclic) bond motifs is 1. The topological polar surface area (TPSA) is 17.4 Å². The molecule has 92 valence electrons. The molecule has 3 nitrogen and oxygen atoms in total. The van der Waals surface area contributed by atoms with E-state index in [2.05, 4.69) is 0 Å². The number of ether oxygens (including phenoxy) is 1. The molecule has 1 heterocycles. The monoisotopic (exact) mass is 236 g/mol. The number of nitrogens with zero attached hydrogens (tertiary/aromatic N) is 2. The van der Waals surface area contributed by atoms with Gasteiger partial charge < -0.3 is 14.2 Å². The molecule has 0 N–H and O–H groups in total. The Hall–Kier alpha value is -1.48. The summed E-state index contributed by atoms with van der Waals surface area (Å²) < 4.78 is 38.3. The van der Waals surface area contributed by atoms with Gasteiger partial charge in [0, 0.05) is 35.1 Å². The maximum absolute atomic E-state index is 8.37. The molecule has 0 bridgehead atoms. The Balaban J connectivity index is 2.43. The van der Waals surface area contributed by atoms with Gasteiger partial charge in [-0.15, -0.1) is 0 Å². The van der Waals surface area contributed by atoms with Gasteiger partial charge in [0.05, 0.1) is 7.11 Å². The second kappa shape index (κ2) is 4.80. The van der Waals surface area contributed by atoms with Crippen LogP contribution in [0.1, 0.15) is 12.3 Å². The van der Waals surface area contributed by atoms with Gasteiger partial charge in [0.2, 0.25) is 0 Å². The largest absolute Gasteiger partial charge is 0.497 e. The smallest absolute Gasteiger partial charge is 0.119 e. The van der Waals surface area contributed by atoms with E-state index in [4.69, 9.17) is 10.2 Å². The van der Waals surface area contributed by atoms with Crippen molar-refractivity contribution in [2.75, 3.05) is 21.2 Å². The van der Waals surface area contributed by atoms with E-state index in [9.17, 15) is 0 Å². The third-order valence-electron chi connectivity index (χ3n) is 2.84. The van der Waals surface area contributed by atoms with Crippen LogP contribution in [0.4, 0.5) is 0 Å². The van der Waals surface area contributed by atoms with Crippen molar-refractivity contribution in [1.82, 2.24) is 9.47 Å².